The first-order chi connectivity index (χ1) is 16.8. The first kappa shape index (κ1) is 25.0. The van der Waals surface area contributed by atoms with Gasteiger partial charge >= 0.3 is 0 Å². The monoisotopic (exact) mass is 481 g/mol. The number of ether oxygens (including phenoxy) is 2. The molecule has 2 heterocycles. The van der Waals surface area contributed by atoms with E-state index in [0.29, 0.717) is 18.7 Å². The van der Waals surface area contributed by atoms with Crippen molar-refractivity contribution >= 4 is 11.8 Å². The van der Waals surface area contributed by atoms with E-state index in [4.69, 9.17) is 9.47 Å². The molecule has 35 heavy (non-hydrogen) atoms. The summed E-state index contributed by atoms with van der Waals surface area (Å²) >= 11 is 0. The van der Waals surface area contributed by atoms with Gasteiger partial charge in [0.25, 0.3) is 5.91 Å². The second-order valence-electron chi connectivity index (χ2n) is 9.77. The normalized spacial score (nSPS) is 21.2. The number of pyridine rings is 1. The summed E-state index contributed by atoms with van der Waals surface area (Å²) in [5.41, 5.74) is 2.03. The van der Waals surface area contributed by atoms with Gasteiger partial charge in [-0.1, -0.05) is 25.5 Å². The smallest absolute Gasteiger partial charge is 0.259 e. The summed E-state index contributed by atoms with van der Waals surface area (Å²) in [4.78, 5) is 34.4. The highest BCUT2D eigenvalue weighted by molar-refractivity contribution is 5.98. The third-order valence-electron chi connectivity index (χ3n) is 7.23. The number of rotatable bonds is 7. The van der Waals surface area contributed by atoms with Gasteiger partial charge in [-0.2, -0.15) is 0 Å². The van der Waals surface area contributed by atoms with Crippen LogP contribution in [-0.4, -0.2) is 77.7 Å². The minimum atomic E-state index is -0.365. The molecule has 2 amide bonds. The molecular weight excluding hydrogens is 446 g/mol. The third-order valence-corrected chi connectivity index (χ3v) is 7.23. The van der Waals surface area contributed by atoms with Crippen molar-refractivity contribution in [2.45, 2.75) is 45.3 Å². The van der Waals surface area contributed by atoms with Crippen molar-refractivity contribution in [2.75, 3.05) is 33.9 Å². The summed E-state index contributed by atoms with van der Waals surface area (Å²) in [6.45, 7) is 4.50. The quantitative estimate of drug-likeness (QED) is 0.653. The van der Waals surface area contributed by atoms with Gasteiger partial charge in [0.05, 0.1) is 26.3 Å². The number of hydrogen-bond acceptors (Lipinski definition) is 6. The number of aliphatic hydroxyl groups is 1. The fraction of sp³-hybridized carbons (Fsp3) is 0.519. The van der Waals surface area contributed by atoms with Crippen molar-refractivity contribution in [1.29, 1.82) is 0 Å². The van der Waals surface area contributed by atoms with Gasteiger partial charge in [0.1, 0.15) is 17.4 Å². The summed E-state index contributed by atoms with van der Waals surface area (Å²) in [7, 11) is 3.43. The topological polar surface area (TPSA) is 92.2 Å². The van der Waals surface area contributed by atoms with Crippen LogP contribution in [0.4, 0.5) is 0 Å². The Kier molecular flexibility index (Phi) is 7.60. The molecule has 1 aliphatic carbocycles. The molecule has 0 saturated heterocycles. The molecule has 8 heteroatoms. The number of hydrogen-bond donors (Lipinski definition) is 1. The van der Waals surface area contributed by atoms with Crippen LogP contribution in [0.3, 0.4) is 0 Å². The fourth-order valence-corrected chi connectivity index (χ4v) is 4.59. The van der Waals surface area contributed by atoms with Crippen molar-refractivity contribution in [3.05, 3.63) is 42.1 Å². The fourth-order valence-electron chi connectivity index (χ4n) is 4.59. The Morgan fingerprint density at radius 3 is 2.60 bits per heavy atom. The largest absolute Gasteiger partial charge is 0.497 e. The average molecular weight is 482 g/mol. The first-order valence-electron chi connectivity index (χ1n) is 12.3. The summed E-state index contributed by atoms with van der Waals surface area (Å²) < 4.78 is 11.6. The van der Waals surface area contributed by atoms with E-state index in [9.17, 15) is 14.7 Å². The van der Waals surface area contributed by atoms with Gasteiger partial charge in [0, 0.05) is 37.2 Å². The van der Waals surface area contributed by atoms with Gasteiger partial charge in [-0.3, -0.25) is 9.59 Å². The molecule has 0 radical (unpaired) electrons. The van der Waals surface area contributed by atoms with Gasteiger partial charge in [-0.15, -0.1) is 0 Å². The maximum Gasteiger partial charge on any atom is 0.259 e. The Labute approximate surface area is 206 Å². The number of amides is 2. The van der Waals surface area contributed by atoms with Crippen LogP contribution in [-0.2, 0) is 4.79 Å². The minimum absolute atomic E-state index is 0.0687. The number of carbonyl (C=O) groups excluding carboxylic acids is 2. The number of carbonyl (C=O) groups is 2. The lowest BCUT2D eigenvalue weighted by atomic mass is 9.84. The maximum absolute atomic E-state index is 13.6. The molecule has 0 bridgehead atoms. The van der Waals surface area contributed by atoms with Crippen LogP contribution in [0.2, 0.25) is 0 Å². The molecule has 2 aromatic rings. The van der Waals surface area contributed by atoms with Gasteiger partial charge in [-0.05, 0) is 43.5 Å². The number of aliphatic hydroxyl groups excluding tert-OH is 1. The highest BCUT2D eigenvalue weighted by Crippen LogP contribution is 2.32. The molecule has 4 rings (SSSR count). The number of likely N-dealkylation sites (N-methyl/N-ethyl adjacent to an activating group) is 1. The summed E-state index contributed by atoms with van der Waals surface area (Å²) in [5.74, 6) is 0.952. The third kappa shape index (κ3) is 5.27. The van der Waals surface area contributed by atoms with Crippen LogP contribution >= 0.6 is 0 Å². The second kappa shape index (κ2) is 10.6. The van der Waals surface area contributed by atoms with Gasteiger partial charge in [-0.25, -0.2) is 4.98 Å². The maximum atomic E-state index is 13.6. The predicted molar refractivity (Wildman–Crippen MR) is 132 cm³/mol. The number of methoxy groups -OCH3 is 1. The molecule has 1 fully saturated rings. The SMILES string of the molecule is COc1ccc(-c2cnc3c(c2)C(=O)N([C@H](C)CO)C[C@@H](C)[C@H](CN(C)C(=O)C2CCC2)O3)cc1. The van der Waals surface area contributed by atoms with Crippen LogP contribution in [0, 0.1) is 11.8 Å². The van der Waals surface area contributed by atoms with Crippen LogP contribution < -0.4 is 9.47 Å². The molecule has 0 unspecified atom stereocenters. The van der Waals surface area contributed by atoms with Crippen molar-refractivity contribution in [1.82, 2.24) is 14.8 Å². The molecule has 1 saturated carbocycles. The second-order valence-corrected chi connectivity index (χ2v) is 9.77. The highest BCUT2D eigenvalue weighted by atomic mass is 16.5. The lowest BCUT2D eigenvalue weighted by Gasteiger charge is -2.38. The van der Waals surface area contributed by atoms with E-state index >= 15 is 0 Å². The Hall–Kier alpha value is -3.13. The lowest BCUT2D eigenvalue weighted by molar-refractivity contribution is -0.138. The van der Waals surface area contributed by atoms with Gasteiger partial charge in [0.15, 0.2) is 0 Å². The van der Waals surface area contributed by atoms with Crippen LogP contribution in [0.1, 0.15) is 43.5 Å². The summed E-state index contributed by atoms with van der Waals surface area (Å²) in [6, 6.07) is 8.97. The van der Waals surface area contributed by atoms with Gasteiger partial charge in [0.2, 0.25) is 11.8 Å². The van der Waals surface area contributed by atoms with E-state index in [0.717, 1.165) is 36.1 Å². The number of nitrogens with zero attached hydrogens (tertiary/aromatic N) is 3. The highest BCUT2D eigenvalue weighted by Gasteiger charge is 2.36. The summed E-state index contributed by atoms with van der Waals surface area (Å²) in [5, 5.41) is 9.86. The van der Waals surface area contributed by atoms with E-state index < -0.39 is 0 Å². The van der Waals surface area contributed by atoms with E-state index in [1.54, 1.807) is 29.2 Å². The van der Waals surface area contributed by atoms with Crippen molar-refractivity contribution in [3.63, 3.8) is 0 Å². The van der Waals surface area contributed by atoms with Crippen LogP contribution in [0.5, 0.6) is 11.6 Å². The first-order valence-corrected chi connectivity index (χ1v) is 12.3. The molecule has 188 valence electrons. The van der Waals surface area contributed by atoms with E-state index in [2.05, 4.69) is 4.98 Å². The lowest BCUT2D eigenvalue weighted by Crippen LogP contribution is -2.51. The Bertz CT molecular complexity index is 1050. The minimum Gasteiger partial charge on any atom is -0.497 e. The van der Waals surface area contributed by atoms with Crippen LogP contribution in [0.25, 0.3) is 11.1 Å². The number of fused-ring (bicyclic) bond motifs is 1. The number of benzene rings is 1. The zero-order valence-corrected chi connectivity index (χ0v) is 20.9. The van der Waals surface area contributed by atoms with Crippen molar-refractivity contribution in [2.24, 2.45) is 11.8 Å². The molecule has 1 aromatic carbocycles. The zero-order chi connectivity index (χ0) is 25.1. The Morgan fingerprint density at radius 2 is 2.00 bits per heavy atom. The summed E-state index contributed by atoms with van der Waals surface area (Å²) in [6.07, 6.45) is 4.34. The molecule has 1 N–H and O–H groups in total. The molecule has 1 aromatic heterocycles. The predicted octanol–water partition coefficient (Wildman–Crippen LogP) is 3.24. The molecule has 0 spiro atoms. The van der Waals surface area contributed by atoms with Crippen molar-refractivity contribution in [3.8, 4) is 22.8 Å². The molecule has 8 nitrogen and oxygen atoms in total. The number of aromatic nitrogens is 1. The van der Waals surface area contributed by atoms with Crippen LogP contribution in [0.15, 0.2) is 36.5 Å². The Morgan fingerprint density at radius 1 is 1.29 bits per heavy atom. The standard InChI is InChI=1S/C27H35N3O5/c1-17-14-30(18(2)16-31)27(33)23-12-21(19-8-10-22(34-4)11-9-19)13-28-25(23)35-24(17)15-29(3)26(32)20-6-5-7-20/h8-13,17-18,20,24,31H,5-7,14-16H2,1-4H3/t17-,18-,24+/m1/s1. The average Bonchev–Trinajstić information content (AvgIpc) is 2.84. The van der Waals surface area contributed by atoms with Crippen molar-refractivity contribution < 1.29 is 24.2 Å². The molecule has 2 aliphatic rings. The Balaban J connectivity index is 1.67. The molecule has 1 aliphatic heterocycles. The molecule has 3 atom stereocenters. The molecular formula is C27H35N3O5. The van der Waals surface area contributed by atoms with Gasteiger partial charge < -0.3 is 24.4 Å². The van der Waals surface area contributed by atoms with E-state index in [1.807, 2.05) is 45.2 Å². The van der Waals surface area contributed by atoms with E-state index in [-0.39, 0.29) is 48.3 Å². The zero-order valence-electron chi connectivity index (χ0n) is 20.9. The van der Waals surface area contributed by atoms with E-state index in [1.165, 1.54) is 0 Å².